The number of carbonyl (C=O) groups is 1. The molecule has 0 aliphatic rings. The summed E-state index contributed by atoms with van der Waals surface area (Å²) < 4.78 is 0. The number of nitrogens with zero attached hydrogens (tertiary/aromatic N) is 1. The van der Waals surface area contributed by atoms with E-state index in [-0.39, 0.29) is 5.56 Å². The SMILES string of the molecule is CCN(CC)CCSc1ccc(C(=O)O)cc1Cl. The molecule has 3 nitrogen and oxygen atoms in total. The van der Waals surface area contributed by atoms with Crippen LogP contribution in [-0.4, -0.2) is 41.4 Å². The lowest BCUT2D eigenvalue weighted by atomic mass is 10.2. The molecule has 5 heteroatoms. The molecule has 0 heterocycles. The van der Waals surface area contributed by atoms with Crippen LogP contribution in [0.25, 0.3) is 0 Å². The van der Waals surface area contributed by atoms with E-state index in [0.717, 1.165) is 30.3 Å². The number of halogens is 1. The number of thioether (sulfide) groups is 1. The van der Waals surface area contributed by atoms with Gasteiger partial charge in [0.1, 0.15) is 0 Å². The average Bonchev–Trinajstić information content (AvgIpc) is 2.36. The first kappa shape index (κ1) is 15.3. The molecule has 1 aromatic rings. The number of benzene rings is 1. The second kappa shape index (κ2) is 7.67. The number of carboxylic acids is 1. The first-order valence-corrected chi connectivity index (χ1v) is 7.32. The second-order valence-electron chi connectivity index (χ2n) is 3.83. The van der Waals surface area contributed by atoms with E-state index in [0.29, 0.717) is 5.02 Å². The van der Waals surface area contributed by atoms with Crippen molar-refractivity contribution in [1.29, 1.82) is 0 Å². The summed E-state index contributed by atoms with van der Waals surface area (Å²) in [4.78, 5) is 14.1. The van der Waals surface area contributed by atoms with Crippen LogP contribution < -0.4 is 0 Å². The molecule has 18 heavy (non-hydrogen) atoms. The van der Waals surface area contributed by atoms with Crippen LogP contribution in [0.2, 0.25) is 5.02 Å². The van der Waals surface area contributed by atoms with E-state index in [1.807, 2.05) is 0 Å². The van der Waals surface area contributed by atoms with Gasteiger partial charge >= 0.3 is 5.97 Å². The van der Waals surface area contributed by atoms with Crippen molar-refractivity contribution < 1.29 is 9.90 Å². The molecule has 0 unspecified atom stereocenters. The van der Waals surface area contributed by atoms with Crippen molar-refractivity contribution in [1.82, 2.24) is 4.90 Å². The van der Waals surface area contributed by atoms with Gasteiger partial charge in [-0.25, -0.2) is 4.79 Å². The van der Waals surface area contributed by atoms with Crippen molar-refractivity contribution >= 4 is 29.3 Å². The van der Waals surface area contributed by atoms with E-state index < -0.39 is 5.97 Å². The van der Waals surface area contributed by atoms with Crippen molar-refractivity contribution in [3.8, 4) is 0 Å². The molecule has 0 aliphatic heterocycles. The summed E-state index contributed by atoms with van der Waals surface area (Å²) in [5.41, 5.74) is 0.230. The Morgan fingerprint density at radius 1 is 1.39 bits per heavy atom. The van der Waals surface area contributed by atoms with Crippen LogP contribution in [0.5, 0.6) is 0 Å². The summed E-state index contributed by atoms with van der Waals surface area (Å²) in [5, 5.41) is 9.35. The van der Waals surface area contributed by atoms with Gasteiger partial charge < -0.3 is 10.0 Å². The molecular weight excluding hydrogens is 270 g/mol. The predicted molar refractivity (Wildman–Crippen MR) is 76.9 cm³/mol. The second-order valence-corrected chi connectivity index (χ2v) is 5.37. The largest absolute Gasteiger partial charge is 0.478 e. The summed E-state index contributed by atoms with van der Waals surface area (Å²) in [7, 11) is 0. The Bertz CT molecular complexity index is 408. The lowest BCUT2D eigenvalue weighted by molar-refractivity contribution is 0.0697. The summed E-state index contributed by atoms with van der Waals surface area (Å²) in [6.45, 7) is 7.38. The highest BCUT2D eigenvalue weighted by molar-refractivity contribution is 7.99. The fourth-order valence-corrected chi connectivity index (χ4v) is 2.85. The van der Waals surface area contributed by atoms with Crippen LogP contribution in [0.15, 0.2) is 23.1 Å². The minimum Gasteiger partial charge on any atom is -0.478 e. The van der Waals surface area contributed by atoms with Crippen molar-refractivity contribution in [2.45, 2.75) is 18.7 Å². The quantitative estimate of drug-likeness (QED) is 0.780. The fourth-order valence-electron chi connectivity index (χ4n) is 1.58. The molecule has 1 aromatic carbocycles. The Morgan fingerprint density at radius 3 is 2.56 bits per heavy atom. The third-order valence-electron chi connectivity index (χ3n) is 2.74. The third-order valence-corrected chi connectivity index (χ3v) is 4.22. The minimum atomic E-state index is -0.948. The monoisotopic (exact) mass is 287 g/mol. The minimum absolute atomic E-state index is 0.230. The highest BCUT2D eigenvalue weighted by Gasteiger charge is 2.08. The molecule has 0 atom stereocenters. The first-order valence-electron chi connectivity index (χ1n) is 5.96. The van der Waals surface area contributed by atoms with Gasteiger partial charge in [-0.05, 0) is 31.3 Å². The number of hydrogen-bond acceptors (Lipinski definition) is 3. The molecule has 0 aliphatic carbocycles. The number of hydrogen-bond donors (Lipinski definition) is 1. The van der Waals surface area contributed by atoms with Crippen LogP contribution in [0.3, 0.4) is 0 Å². The van der Waals surface area contributed by atoms with E-state index in [4.69, 9.17) is 16.7 Å². The number of carboxylic acid groups (broad SMARTS) is 1. The lowest BCUT2D eigenvalue weighted by Gasteiger charge is -2.17. The third kappa shape index (κ3) is 4.52. The van der Waals surface area contributed by atoms with E-state index in [9.17, 15) is 4.79 Å². The van der Waals surface area contributed by atoms with Crippen molar-refractivity contribution in [2.24, 2.45) is 0 Å². The van der Waals surface area contributed by atoms with Gasteiger partial charge in [-0.1, -0.05) is 25.4 Å². The van der Waals surface area contributed by atoms with Crippen LogP contribution in [-0.2, 0) is 0 Å². The van der Waals surface area contributed by atoms with Gasteiger partial charge in [-0.3, -0.25) is 0 Å². The maximum absolute atomic E-state index is 10.8. The van der Waals surface area contributed by atoms with Crippen LogP contribution in [0.1, 0.15) is 24.2 Å². The molecule has 0 saturated carbocycles. The summed E-state index contributed by atoms with van der Waals surface area (Å²) in [6.07, 6.45) is 0. The Labute approximate surface area is 117 Å². The smallest absolute Gasteiger partial charge is 0.335 e. The van der Waals surface area contributed by atoms with Crippen LogP contribution in [0, 0.1) is 0 Å². The molecule has 0 amide bonds. The number of rotatable bonds is 7. The lowest BCUT2D eigenvalue weighted by Crippen LogP contribution is -2.25. The molecule has 1 N–H and O–H groups in total. The Balaban J connectivity index is 2.55. The highest BCUT2D eigenvalue weighted by Crippen LogP contribution is 2.28. The van der Waals surface area contributed by atoms with E-state index in [2.05, 4.69) is 18.7 Å². The van der Waals surface area contributed by atoms with E-state index >= 15 is 0 Å². The van der Waals surface area contributed by atoms with Crippen molar-refractivity contribution in [3.05, 3.63) is 28.8 Å². The zero-order valence-electron chi connectivity index (χ0n) is 10.6. The summed E-state index contributed by atoms with van der Waals surface area (Å²) in [6, 6.07) is 4.87. The van der Waals surface area contributed by atoms with Gasteiger partial charge in [0.05, 0.1) is 10.6 Å². The first-order chi connectivity index (χ1) is 8.58. The van der Waals surface area contributed by atoms with Crippen LogP contribution >= 0.6 is 23.4 Å². The van der Waals surface area contributed by atoms with Gasteiger partial charge in [-0.15, -0.1) is 11.8 Å². The topological polar surface area (TPSA) is 40.5 Å². The summed E-state index contributed by atoms with van der Waals surface area (Å²) >= 11 is 7.72. The van der Waals surface area contributed by atoms with E-state index in [1.165, 1.54) is 6.07 Å². The maximum atomic E-state index is 10.8. The maximum Gasteiger partial charge on any atom is 0.335 e. The molecule has 0 radical (unpaired) electrons. The molecule has 100 valence electrons. The van der Waals surface area contributed by atoms with Crippen molar-refractivity contribution in [3.63, 3.8) is 0 Å². The van der Waals surface area contributed by atoms with Crippen LogP contribution in [0.4, 0.5) is 0 Å². The average molecular weight is 288 g/mol. The summed E-state index contributed by atoms with van der Waals surface area (Å²) in [5.74, 6) is 0.00460. The Kier molecular flexibility index (Phi) is 6.54. The number of aromatic carboxylic acids is 1. The molecule has 0 aromatic heterocycles. The molecule has 0 fully saturated rings. The normalized spacial score (nSPS) is 10.9. The molecule has 0 saturated heterocycles. The molecule has 0 bridgehead atoms. The molecule has 0 spiro atoms. The zero-order chi connectivity index (χ0) is 13.5. The zero-order valence-corrected chi connectivity index (χ0v) is 12.2. The fraction of sp³-hybridized carbons (Fsp3) is 0.462. The molecular formula is C13H18ClNO2S. The Morgan fingerprint density at radius 2 is 2.06 bits per heavy atom. The van der Waals surface area contributed by atoms with Gasteiger partial charge in [0.2, 0.25) is 0 Å². The van der Waals surface area contributed by atoms with Gasteiger partial charge in [-0.2, -0.15) is 0 Å². The molecule has 1 rings (SSSR count). The van der Waals surface area contributed by atoms with Gasteiger partial charge in [0.25, 0.3) is 0 Å². The standard InChI is InChI=1S/C13H18ClNO2S/c1-3-15(4-2)7-8-18-12-6-5-10(13(16)17)9-11(12)14/h5-6,9H,3-4,7-8H2,1-2H3,(H,16,17). The van der Waals surface area contributed by atoms with Gasteiger partial charge in [0.15, 0.2) is 0 Å². The van der Waals surface area contributed by atoms with Crippen molar-refractivity contribution in [2.75, 3.05) is 25.4 Å². The predicted octanol–water partition coefficient (Wildman–Crippen LogP) is 3.47. The highest BCUT2D eigenvalue weighted by atomic mass is 35.5. The van der Waals surface area contributed by atoms with Gasteiger partial charge in [0, 0.05) is 17.2 Å². The van der Waals surface area contributed by atoms with E-state index in [1.54, 1.807) is 23.9 Å². The Hall–Kier alpha value is -0.710.